The molecule has 120 valence electrons. The van der Waals surface area contributed by atoms with Gasteiger partial charge in [0.1, 0.15) is 5.75 Å². The molecule has 2 aromatic carbocycles. The Kier molecular flexibility index (Phi) is 4.09. The third kappa shape index (κ3) is 2.68. The predicted octanol–water partition coefficient (Wildman–Crippen LogP) is 5.27. The number of benzene rings is 2. The van der Waals surface area contributed by atoms with Crippen LogP contribution in [0.5, 0.6) is 5.75 Å². The Hall–Kier alpha value is -0.740. The molecule has 1 heterocycles. The average Bonchev–Trinajstić information content (AvgIpc) is 2.66. The van der Waals surface area contributed by atoms with Crippen molar-refractivity contribution >= 4 is 39.3 Å². The fraction of sp³-hybridized carbons (Fsp3) is 0.333. The highest BCUT2D eigenvalue weighted by molar-refractivity contribution is 9.10. The number of phenolic OH excluding ortho intramolecular Hbond substituents is 1. The third-order valence-corrected chi connectivity index (χ3v) is 6.25. The Morgan fingerprint density at radius 1 is 1.09 bits per heavy atom. The minimum atomic E-state index is 0.149. The third-order valence-electron chi connectivity index (χ3n) is 5.03. The Bertz CT molecular complexity index is 780. The Morgan fingerprint density at radius 3 is 2.70 bits per heavy atom. The molecular formula is C18H16BrCl2NO. The molecule has 5 heteroatoms. The van der Waals surface area contributed by atoms with E-state index in [1.54, 1.807) is 0 Å². The number of aryl methyl sites for hydroxylation is 1. The van der Waals surface area contributed by atoms with Crippen molar-refractivity contribution in [1.29, 1.82) is 0 Å². The number of hydrogen-bond donors (Lipinski definition) is 1. The van der Waals surface area contributed by atoms with Gasteiger partial charge in [-0.05, 0) is 77.6 Å². The Morgan fingerprint density at radius 2 is 1.87 bits per heavy atom. The fourth-order valence-electron chi connectivity index (χ4n) is 3.97. The summed E-state index contributed by atoms with van der Waals surface area (Å²) in [4.78, 5) is 0. The van der Waals surface area contributed by atoms with E-state index in [0.717, 1.165) is 35.8 Å². The number of halogens is 3. The lowest BCUT2D eigenvalue weighted by molar-refractivity contribution is 0.296. The molecule has 0 fully saturated rings. The van der Waals surface area contributed by atoms with Gasteiger partial charge in [0.15, 0.2) is 0 Å². The fourth-order valence-corrected chi connectivity index (χ4v) is 4.86. The molecule has 0 amide bonds. The van der Waals surface area contributed by atoms with Gasteiger partial charge in [0.05, 0.1) is 5.02 Å². The normalized spacial score (nSPS) is 23.6. The van der Waals surface area contributed by atoms with E-state index in [1.807, 2.05) is 16.6 Å². The lowest BCUT2D eigenvalue weighted by atomic mass is 9.75. The summed E-state index contributed by atoms with van der Waals surface area (Å²) in [6, 6.07) is 10.4. The zero-order valence-corrected chi connectivity index (χ0v) is 15.5. The highest BCUT2D eigenvalue weighted by Gasteiger charge is 2.37. The molecule has 1 aliphatic carbocycles. The first kappa shape index (κ1) is 15.8. The van der Waals surface area contributed by atoms with Crippen LogP contribution in [0.15, 0.2) is 34.8 Å². The van der Waals surface area contributed by atoms with Crippen molar-refractivity contribution in [2.24, 2.45) is 0 Å². The summed E-state index contributed by atoms with van der Waals surface area (Å²) < 4.78 is 3.05. The zero-order chi connectivity index (χ0) is 16.1. The van der Waals surface area contributed by atoms with Gasteiger partial charge in [-0.15, -0.1) is 0 Å². The van der Waals surface area contributed by atoms with Crippen molar-refractivity contribution in [3.8, 4) is 5.75 Å². The van der Waals surface area contributed by atoms with Gasteiger partial charge in [-0.25, -0.2) is 4.42 Å². The van der Waals surface area contributed by atoms with Crippen LogP contribution in [0.1, 0.15) is 34.6 Å². The van der Waals surface area contributed by atoms with Gasteiger partial charge in [0.2, 0.25) is 0 Å². The Labute approximate surface area is 154 Å². The minimum absolute atomic E-state index is 0.149. The van der Waals surface area contributed by atoms with Gasteiger partial charge in [-0.2, -0.15) is 0 Å². The van der Waals surface area contributed by atoms with Crippen molar-refractivity contribution < 1.29 is 5.11 Å². The largest absolute Gasteiger partial charge is 0.506 e. The van der Waals surface area contributed by atoms with Gasteiger partial charge in [0, 0.05) is 23.0 Å². The minimum Gasteiger partial charge on any atom is -0.506 e. The molecular weight excluding hydrogens is 397 g/mol. The molecule has 2 atom stereocenters. The highest BCUT2D eigenvalue weighted by Crippen LogP contribution is 2.45. The topological polar surface area (TPSA) is 23.5 Å². The van der Waals surface area contributed by atoms with Gasteiger partial charge >= 0.3 is 0 Å². The van der Waals surface area contributed by atoms with Crippen LogP contribution in [-0.4, -0.2) is 22.1 Å². The number of hydrogen-bond acceptors (Lipinski definition) is 2. The van der Waals surface area contributed by atoms with Gasteiger partial charge in [0.25, 0.3) is 0 Å². The average molecular weight is 413 g/mol. The maximum atomic E-state index is 10.1. The van der Waals surface area contributed by atoms with E-state index in [1.165, 1.54) is 16.7 Å². The van der Waals surface area contributed by atoms with E-state index in [-0.39, 0.29) is 17.7 Å². The molecule has 4 rings (SSSR count). The SMILES string of the molecule is Oc1cc2c(cc1Cl)CCN(Cl)[C@H]1CCc3cc(Br)ccc3[C@H]21. The quantitative estimate of drug-likeness (QED) is 0.596. The van der Waals surface area contributed by atoms with Crippen molar-refractivity contribution in [3.63, 3.8) is 0 Å². The maximum absolute atomic E-state index is 10.1. The van der Waals surface area contributed by atoms with Crippen molar-refractivity contribution in [3.05, 3.63) is 62.1 Å². The molecule has 1 N–H and O–H groups in total. The number of phenols is 1. The lowest BCUT2D eigenvalue weighted by Gasteiger charge is -2.36. The van der Waals surface area contributed by atoms with Crippen LogP contribution in [0.25, 0.3) is 0 Å². The maximum Gasteiger partial charge on any atom is 0.134 e. The van der Waals surface area contributed by atoms with Crippen LogP contribution < -0.4 is 0 Å². The molecule has 0 aromatic heterocycles. The number of rotatable bonds is 0. The molecule has 1 aliphatic heterocycles. The van der Waals surface area contributed by atoms with Gasteiger partial charge in [-0.3, -0.25) is 0 Å². The summed E-state index contributed by atoms with van der Waals surface area (Å²) in [6.07, 6.45) is 2.88. The summed E-state index contributed by atoms with van der Waals surface area (Å²) in [5.74, 6) is 0.321. The molecule has 0 saturated heterocycles. The summed E-state index contributed by atoms with van der Waals surface area (Å²) in [6.45, 7) is 0.794. The standard InChI is InChI=1S/C18H16BrCl2NO/c19-12-2-3-13-10(7-12)1-4-16-18(13)14-9-17(23)15(20)8-11(14)5-6-22(16)21/h2-3,7-9,16,18,23H,1,4-6H2/t16-,18+/m0/s1. The summed E-state index contributed by atoms with van der Waals surface area (Å²) in [7, 11) is 0. The molecule has 0 saturated carbocycles. The van der Waals surface area contributed by atoms with Gasteiger partial charge in [-0.1, -0.05) is 33.6 Å². The predicted molar refractivity (Wildman–Crippen MR) is 97.5 cm³/mol. The van der Waals surface area contributed by atoms with Gasteiger partial charge < -0.3 is 5.11 Å². The molecule has 0 bridgehead atoms. The highest BCUT2D eigenvalue weighted by atomic mass is 79.9. The first-order valence-corrected chi connectivity index (χ1v) is 9.27. The number of fused-ring (bicyclic) bond motifs is 5. The zero-order valence-electron chi connectivity index (χ0n) is 12.4. The second kappa shape index (κ2) is 5.96. The Balaban J connectivity index is 1.94. The van der Waals surface area contributed by atoms with Crippen LogP contribution in [0, 0.1) is 0 Å². The van der Waals surface area contributed by atoms with Crippen LogP contribution in [0.3, 0.4) is 0 Å². The molecule has 0 radical (unpaired) electrons. The van der Waals surface area contributed by atoms with Crippen LogP contribution in [-0.2, 0) is 12.8 Å². The van der Waals surface area contributed by atoms with Crippen molar-refractivity contribution in [2.75, 3.05) is 6.54 Å². The van der Waals surface area contributed by atoms with E-state index in [9.17, 15) is 5.11 Å². The first-order valence-electron chi connectivity index (χ1n) is 7.76. The first-order chi connectivity index (χ1) is 11.0. The summed E-state index contributed by atoms with van der Waals surface area (Å²) in [5, 5.41) is 10.5. The molecule has 2 aliphatic rings. The van der Waals surface area contributed by atoms with E-state index >= 15 is 0 Å². The van der Waals surface area contributed by atoms with Crippen LogP contribution in [0.2, 0.25) is 5.02 Å². The smallest absolute Gasteiger partial charge is 0.134 e. The second-order valence-corrected chi connectivity index (χ2v) is 8.06. The summed E-state index contributed by atoms with van der Waals surface area (Å²) >= 11 is 16.3. The van der Waals surface area contributed by atoms with E-state index < -0.39 is 0 Å². The van der Waals surface area contributed by atoms with E-state index in [0.29, 0.717) is 5.02 Å². The van der Waals surface area contributed by atoms with Crippen molar-refractivity contribution in [2.45, 2.75) is 31.2 Å². The molecule has 0 spiro atoms. The van der Waals surface area contributed by atoms with E-state index in [2.05, 4.69) is 34.1 Å². The molecule has 2 aromatic rings. The van der Waals surface area contributed by atoms with Crippen molar-refractivity contribution in [1.82, 2.24) is 4.42 Å². The number of nitrogens with zero attached hydrogens (tertiary/aromatic N) is 1. The van der Waals surface area contributed by atoms with Crippen LogP contribution >= 0.6 is 39.3 Å². The lowest BCUT2D eigenvalue weighted by Crippen LogP contribution is -2.36. The molecule has 23 heavy (non-hydrogen) atoms. The van der Waals surface area contributed by atoms with E-state index in [4.69, 9.17) is 23.4 Å². The molecule has 0 unspecified atom stereocenters. The van der Waals surface area contributed by atoms with Crippen LogP contribution in [0.4, 0.5) is 0 Å². The summed E-state index contributed by atoms with van der Waals surface area (Å²) in [5.41, 5.74) is 5.00. The monoisotopic (exact) mass is 411 g/mol. The second-order valence-electron chi connectivity index (χ2n) is 6.30. The molecule has 2 nitrogen and oxygen atoms in total. The number of aromatic hydroxyl groups is 1.